The van der Waals surface area contributed by atoms with E-state index >= 15 is 0 Å². The molecule has 0 radical (unpaired) electrons. The number of aromatic nitrogens is 4. The topological polar surface area (TPSA) is 67.4 Å². The molecule has 0 unspecified atom stereocenters. The number of nitriles is 1. The van der Waals surface area contributed by atoms with Crippen LogP contribution in [0.2, 0.25) is 0 Å². The molecule has 0 atom stereocenters. The molecule has 0 N–H and O–H groups in total. The lowest BCUT2D eigenvalue weighted by Crippen LogP contribution is -2.00. The maximum absolute atomic E-state index is 9.27. The molecule has 0 saturated heterocycles. The second kappa shape index (κ2) is 11.0. The van der Waals surface area contributed by atoms with Gasteiger partial charge < -0.3 is 4.57 Å². The highest BCUT2D eigenvalue weighted by Gasteiger charge is 2.17. The van der Waals surface area contributed by atoms with Crippen molar-refractivity contribution in [2.45, 2.75) is 0 Å². The van der Waals surface area contributed by atoms with E-state index in [2.05, 4.69) is 71.3 Å². The molecule has 0 bridgehead atoms. The molecule has 0 fully saturated rings. The molecule has 2 aromatic heterocycles. The molecule has 8 aromatic rings. The quantitative estimate of drug-likeness (QED) is 0.205. The number of nitrogens with zero attached hydrogens (tertiary/aromatic N) is 5. The molecule has 210 valence electrons. The van der Waals surface area contributed by atoms with Crippen LogP contribution in [0, 0.1) is 11.3 Å². The zero-order valence-electron chi connectivity index (χ0n) is 24.2. The number of hydrogen-bond donors (Lipinski definition) is 0. The Labute approximate surface area is 260 Å². The minimum Gasteiger partial charge on any atom is -0.309 e. The van der Waals surface area contributed by atoms with Gasteiger partial charge in [0.15, 0.2) is 17.5 Å². The lowest BCUT2D eigenvalue weighted by atomic mass is 10.0. The van der Waals surface area contributed by atoms with Gasteiger partial charge in [-0.15, -0.1) is 0 Å². The Kier molecular flexibility index (Phi) is 6.44. The van der Waals surface area contributed by atoms with Crippen LogP contribution in [0.4, 0.5) is 0 Å². The van der Waals surface area contributed by atoms with Crippen LogP contribution in [-0.4, -0.2) is 19.5 Å². The molecule has 0 spiro atoms. The van der Waals surface area contributed by atoms with E-state index in [9.17, 15) is 5.26 Å². The van der Waals surface area contributed by atoms with Crippen molar-refractivity contribution in [3.63, 3.8) is 0 Å². The fourth-order valence-corrected chi connectivity index (χ4v) is 5.87. The summed E-state index contributed by atoms with van der Waals surface area (Å²) in [7, 11) is 0. The summed E-state index contributed by atoms with van der Waals surface area (Å²) in [5.41, 5.74) is 8.81. The van der Waals surface area contributed by atoms with Crippen molar-refractivity contribution in [2.75, 3.05) is 0 Å². The van der Waals surface area contributed by atoms with Gasteiger partial charge in [0, 0.05) is 33.2 Å². The Morgan fingerprint density at radius 1 is 0.422 bits per heavy atom. The predicted octanol–water partition coefficient (Wildman–Crippen LogP) is 9.51. The van der Waals surface area contributed by atoms with E-state index in [1.807, 2.05) is 91.0 Å². The van der Waals surface area contributed by atoms with Crippen LogP contribution in [0.25, 0.3) is 72.8 Å². The standard InChI is InChI=1S/C40H25N5/c41-26-27-16-18-28(19-17-27)31-20-22-34-35-23-21-32(25-37(35)45(36(34)24-31)33-14-8-3-9-15-33)40-43-38(29-10-4-1-5-11-29)42-39(44-40)30-12-6-2-7-13-30/h1-25H. The smallest absolute Gasteiger partial charge is 0.164 e. The Bertz CT molecular complexity index is 2300. The van der Waals surface area contributed by atoms with Crippen LogP contribution in [0.15, 0.2) is 152 Å². The van der Waals surface area contributed by atoms with Crippen LogP contribution in [0.5, 0.6) is 0 Å². The summed E-state index contributed by atoms with van der Waals surface area (Å²) >= 11 is 0. The second-order valence-corrected chi connectivity index (χ2v) is 10.9. The summed E-state index contributed by atoms with van der Waals surface area (Å²) in [6.07, 6.45) is 0. The maximum atomic E-state index is 9.27. The van der Waals surface area contributed by atoms with Gasteiger partial charge >= 0.3 is 0 Å². The molecule has 2 heterocycles. The molecule has 8 rings (SSSR count). The van der Waals surface area contributed by atoms with E-state index in [4.69, 9.17) is 15.0 Å². The van der Waals surface area contributed by atoms with E-state index in [-0.39, 0.29) is 0 Å². The van der Waals surface area contributed by atoms with Crippen molar-refractivity contribution in [3.05, 3.63) is 157 Å². The zero-order valence-corrected chi connectivity index (χ0v) is 24.2. The third-order valence-corrected chi connectivity index (χ3v) is 8.09. The molecule has 0 aliphatic rings. The minimum atomic E-state index is 0.618. The average molecular weight is 576 g/mol. The van der Waals surface area contributed by atoms with Gasteiger partial charge in [0.2, 0.25) is 0 Å². The molecule has 0 amide bonds. The Hall–Kier alpha value is -6.38. The van der Waals surface area contributed by atoms with Crippen molar-refractivity contribution in [3.8, 4) is 57.0 Å². The monoisotopic (exact) mass is 575 g/mol. The van der Waals surface area contributed by atoms with Crippen LogP contribution < -0.4 is 0 Å². The van der Waals surface area contributed by atoms with E-state index in [0.29, 0.717) is 23.0 Å². The lowest BCUT2D eigenvalue weighted by Gasteiger charge is -2.11. The molecule has 5 heteroatoms. The molecule has 0 aliphatic carbocycles. The maximum Gasteiger partial charge on any atom is 0.164 e. The van der Waals surface area contributed by atoms with Gasteiger partial charge in [-0.2, -0.15) is 5.26 Å². The third-order valence-electron chi connectivity index (χ3n) is 8.09. The van der Waals surface area contributed by atoms with Crippen LogP contribution >= 0.6 is 0 Å². The number of para-hydroxylation sites is 1. The van der Waals surface area contributed by atoms with Crippen molar-refractivity contribution in [2.24, 2.45) is 0 Å². The molecule has 0 aliphatic heterocycles. The van der Waals surface area contributed by atoms with Gasteiger partial charge in [-0.25, -0.2) is 15.0 Å². The Balaban J connectivity index is 1.35. The van der Waals surface area contributed by atoms with E-state index < -0.39 is 0 Å². The van der Waals surface area contributed by atoms with Gasteiger partial charge in [0.25, 0.3) is 0 Å². The largest absolute Gasteiger partial charge is 0.309 e. The fraction of sp³-hybridized carbons (Fsp3) is 0. The summed E-state index contributed by atoms with van der Waals surface area (Å²) in [6, 6.07) is 53.4. The molecule has 0 saturated carbocycles. The minimum absolute atomic E-state index is 0.618. The summed E-state index contributed by atoms with van der Waals surface area (Å²) in [6.45, 7) is 0. The summed E-state index contributed by atoms with van der Waals surface area (Å²) in [4.78, 5) is 14.8. The van der Waals surface area contributed by atoms with E-state index in [1.165, 1.54) is 0 Å². The molecule has 5 nitrogen and oxygen atoms in total. The first-order chi connectivity index (χ1) is 22.2. The number of rotatable bonds is 5. The summed E-state index contributed by atoms with van der Waals surface area (Å²) in [5, 5.41) is 11.6. The van der Waals surface area contributed by atoms with Crippen molar-refractivity contribution < 1.29 is 0 Å². The predicted molar refractivity (Wildman–Crippen MR) is 181 cm³/mol. The number of hydrogen-bond acceptors (Lipinski definition) is 4. The summed E-state index contributed by atoms with van der Waals surface area (Å²) in [5.74, 6) is 1.89. The zero-order chi connectivity index (χ0) is 30.2. The van der Waals surface area contributed by atoms with Gasteiger partial charge in [-0.3, -0.25) is 0 Å². The van der Waals surface area contributed by atoms with Crippen molar-refractivity contribution in [1.29, 1.82) is 5.26 Å². The van der Waals surface area contributed by atoms with Gasteiger partial charge in [-0.05, 0) is 47.5 Å². The highest BCUT2D eigenvalue weighted by molar-refractivity contribution is 6.11. The second-order valence-electron chi connectivity index (χ2n) is 10.9. The van der Waals surface area contributed by atoms with Gasteiger partial charge in [0.1, 0.15) is 0 Å². The van der Waals surface area contributed by atoms with Gasteiger partial charge in [-0.1, -0.05) is 115 Å². The van der Waals surface area contributed by atoms with Crippen LogP contribution in [0.3, 0.4) is 0 Å². The molecular formula is C40H25N5. The van der Waals surface area contributed by atoms with Crippen LogP contribution in [0.1, 0.15) is 5.56 Å². The number of benzene rings is 6. The Morgan fingerprint density at radius 2 is 0.867 bits per heavy atom. The lowest BCUT2D eigenvalue weighted by molar-refractivity contribution is 1.07. The highest BCUT2D eigenvalue weighted by atomic mass is 15.0. The summed E-state index contributed by atoms with van der Waals surface area (Å²) < 4.78 is 2.30. The highest BCUT2D eigenvalue weighted by Crippen LogP contribution is 2.37. The molecule has 6 aromatic carbocycles. The first-order valence-electron chi connectivity index (χ1n) is 14.8. The molecular weight excluding hydrogens is 550 g/mol. The third kappa shape index (κ3) is 4.81. The van der Waals surface area contributed by atoms with E-state index in [1.54, 1.807) is 0 Å². The fourth-order valence-electron chi connectivity index (χ4n) is 5.87. The van der Waals surface area contributed by atoms with Crippen molar-refractivity contribution in [1.82, 2.24) is 19.5 Å². The number of fused-ring (bicyclic) bond motifs is 3. The van der Waals surface area contributed by atoms with Crippen LogP contribution in [-0.2, 0) is 0 Å². The average Bonchev–Trinajstić information content (AvgIpc) is 3.45. The van der Waals surface area contributed by atoms with Gasteiger partial charge in [0.05, 0.1) is 22.7 Å². The normalized spacial score (nSPS) is 11.1. The SMILES string of the molecule is N#Cc1ccc(-c2ccc3c4ccc(-c5nc(-c6ccccc6)nc(-c6ccccc6)n5)cc4n(-c4ccccc4)c3c2)cc1. The first kappa shape index (κ1) is 26.3. The molecule has 45 heavy (non-hydrogen) atoms. The van der Waals surface area contributed by atoms with Crippen molar-refractivity contribution >= 4 is 21.8 Å². The first-order valence-corrected chi connectivity index (χ1v) is 14.8. The van der Waals surface area contributed by atoms with E-state index in [0.717, 1.165) is 55.3 Å². The Morgan fingerprint density at radius 3 is 1.40 bits per heavy atom.